The van der Waals surface area contributed by atoms with Gasteiger partial charge in [-0.3, -0.25) is 5.43 Å². The molecule has 0 aliphatic carbocycles. The van der Waals surface area contributed by atoms with Crippen LogP contribution in [0, 0.1) is 0 Å². The second-order valence-corrected chi connectivity index (χ2v) is 3.56. The number of carbonyl (C=O) groups excluding carboxylic acids is 1. The van der Waals surface area contributed by atoms with Gasteiger partial charge in [-0.15, -0.1) is 0 Å². The lowest BCUT2D eigenvalue weighted by molar-refractivity contribution is -0.137. The van der Waals surface area contributed by atoms with Crippen molar-refractivity contribution in [2.24, 2.45) is 0 Å². The third kappa shape index (κ3) is 5.54. The Balaban J connectivity index is 2.06. The Morgan fingerprint density at radius 1 is 1.40 bits per heavy atom. The molecule has 0 spiro atoms. The standard InChI is InChI=1S/C11H20N2O2/c1-2-15-11(14)7-6-8-12-13-9-4-3-5-10-13/h6-7,12H,2-5,8-10H2,1H3/b7-6+. The van der Waals surface area contributed by atoms with Crippen LogP contribution in [0.5, 0.6) is 0 Å². The van der Waals surface area contributed by atoms with E-state index in [0.29, 0.717) is 13.2 Å². The van der Waals surface area contributed by atoms with E-state index < -0.39 is 0 Å². The van der Waals surface area contributed by atoms with Crippen LogP contribution in [0.15, 0.2) is 12.2 Å². The number of ether oxygens (including phenoxy) is 1. The van der Waals surface area contributed by atoms with Crippen molar-refractivity contribution in [3.05, 3.63) is 12.2 Å². The SMILES string of the molecule is CCOC(=O)/C=C/CNN1CCCCC1. The Labute approximate surface area is 91.2 Å². The van der Waals surface area contributed by atoms with Gasteiger partial charge in [-0.05, 0) is 19.8 Å². The van der Waals surface area contributed by atoms with Crippen LogP contribution in [-0.4, -0.2) is 37.2 Å². The quantitative estimate of drug-likeness (QED) is 0.547. The van der Waals surface area contributed by atoms with Gasteiger partial charge in [0.1, 0.15) is 0 Å². The molecule has 1 rings (SSSR count). The van der Waals surface area contributed by atoms with Gasteiger partial charge in [0.25, 0.3) is 0 Å². The maximum atomic E-state index is 10.9. The molecule has 0 aromatic rings. The van der Waals surface area contributed by atoms with Crippen molar-refractivity contribution in [2.45, 2.75) is 26.2 Å². The molecule has 1 aliphatic heterocycles. The first-order chi connectivity index (χ1) is 7.33. The van der Waals surface area contributed by atoms with Crippen molar-refractivity contribution in [1.29, 1.82) is 0 Å². The molecule has 1 fully saturated rings. The van der Waals surface area contributed by atoms with Crippen LogP contribution < -0.4 is 5.43 Å². The Kier molecular flexibility index (Phi) is 6.04. The Morgan fingerprint density at radius 2 is 2.13 bits per heavy atom. The van der Waals surface area contributed by atoms with E-state index in [1.165, 1.54) is 25.3 Å². The van der Waals surface area contributed by atoms with Gasteiger partial charge >= 0.3 is 5.97 Å². The number of carbonyl (C=O) groups is 1. The molecule has 1 aliphatic rings. The summed E-state index contributed by atoms with van der Waals surface area (Å²) in [5.74, 6) is -0.266. The molecule has 4 heteroatoms. The molecule has 0 aromatic carbocycles. The average Bonchev–Trinajstić information content (AvgIpc) is 2.26. The molecule has 0 radical (unpaired) electrons. The van der Waals surface area contributed by atoms with Crippen LogP contribution in [-0.2, 0) is 9.53 Å². The van der Waals surface area contributed by atoms with E-state index >= 15 is 0 Å². The number of rotatable bonds is 5. The van der Waals surface area contributed by atoms with Gasteiger partial charge in [-0.25, -0.2) is 9.80 Å². The zero-order valence-electron chi connectivity index (χ0n) is 9.37. The molecular weight excluding hydrogens is 192 g/mol. The fourth-order valence-corrected chi connectivity index (χ4v) is 1.58. The molecule has 0 bridgehead atoms. The maximum absolute atomic E-state index is 10.9. The third-order valence-electron chi connectivity index (χ3n) is 2.33. The molecule has 0 aromatic heterocycles. The van der Waals surface area contributed by atoms with Gasteiger partial charge in [-0.2, -0.15) is 0 Å². The number of nitrogens with zero attached hydrogens (tertiary/aromatic N) is 1. The molecule has 15 heavy (non-hydrogen) atoms. The number of hydrazine groups is 1. The summed E-state index contributed by atoms with van der Waals surface area (Å²) in [5.41, 5.74) is 3.26. The van der Waals surface area contributed by atoms with Gasteiger partial charge in [0.05, 0.1) is 6.61 Å². The molecule has 0 atom stereocenters. The largest absolute Gasteiger partial charge is 0.463 e. The first kappa shape index (κ1) is 12.2. The van der Waals surface area contributed by atoms with Crippen molar-refractivity contribution in [2.75, 3.05) is 26.2 Å². The predicted octanol–water partition coefficient (Wildman–Crippen LogP) is 1.10. The first-order valence-corrected chi connectivity index (χ1v) is 5.64. The highest BCUT2D eigenvalue weighted by molar-refractivity contribution is 5.81. The lowest BCUT2D eigenvalue weighted by atomic mass is 10.2. The Bertz CT molecular complexity index is 211. The number of esters is 1. The highest BCUT2D eigenvalue weighted by Crippen LogP contribution is 2.05. The molecule has 1 heterocycles. The summed E-state index contributed by atoms with van der Waals surface area (Å²) < 4.78 is 4.77. The first-order valence-electron chi connectivity index (χ1n) is 5.64. The zero-order chi connectivity index (χ0) is 10.9. The monoisotopic (exact) mass is 212 g/mol. The van der Waals surface area contributed by atoms with Crippen LogP contribution in [0.3, 0.4) is 0 Å². The van der Waals surface area contributed by atoms with Crippen LogP contribution >= 0.6 is 0 Å². The molecule has 0 unspecified atom stereocenters. The summed E-state index contributed by atoms with van der Waals surface area (Å²) in [4.78, 5) is 10.9. The van der Waals surface area contributed by atoms with E-state index in [9.17, 15) is 4.79 Å². The zero-order valence-corrected chi connectivity index (χ0v) is 9.37. The Hall–Kier alpha value is -0.870. The lowest BCUT2D eigenvalue weighted by Gasteiger charge is -2.26. The number of hydrogen-bond acceptors (Lipinski definition) is 4. The molecule has 0 saturated carbocycles. The molecule has 86 valence electrons. The second kappa shape index (κ2) is 7.43. The predicted molar refractivity (Wildman–Crippen MR) is 59.2 cm³/mol. The van der Waals surface area contributed by atoms with E-state index in [-0.39, 0.29) is 5.97 Å². The average molecular weight is 212 g/mol. The van der Waals surface area contributed by atoms with Gasteiger partial charge in [0.2, 0.25) is 0 Å². The van der Waals surface area contributed by atoms with Gasteiger partial charge in [0.15, 0.2) is 0 Å². The second-order valence-electron chi connectivity index (χ2n) is 3.56. The maximum Gasteiger partial charge on any atom is 0.330 e. The summed E-state index contributed by atoms with van der Waals surface area (Å²) in [5, 5.41) is 2.21. The van der Waals surface area contributed by atoms with Crippen LogP contribution in [0.4, 0.5) is 0 Å². The molecule has 0 amide bonds. The Morgan fingerprint density at radius 3 is 2.80 bits per heavy atom. The number of hydrogen-bond donors (Lipinski definition) is 1. The summed E-state index contributed by atoms with van der Waals surface area (Å²) in [7, 11) is 0. The highest BCUT2D eigenvalue weighted by Gasteiger charge is 2.07. The fraction of sp³-hybridized carbons (Fsp3) is 0.727. The normalized spacial score (nSPS) is 18.2. The lowest BCUT2D eigenvalue weighted by Crippen LogP contribution is -2.41. The van der Waals surface area contributed by atoms with Gasteiger partial charge in [0, 0.05) is 25.7 Å². The summed E-state index contributed by atoms with van der Waals surface area (Å²) in [6, 6.07) is 0. The molecule has 1 saturated heterocycles. The minimum Gasteiger partial charge on any atom is -0.463 e. The summed E-state index contributed by atoms with van der Waals surface area (Å²) in [6.07, 6.45) is 7.12. The van der Waals surface area contributed by atoms with Crippen molar-refractivity contribution in [3.63, 3.8) is 0 Å². The van der Waals surface area contributed by atoms with E-state index in [4.69, 9.17) is 4.74 Å². The van der Waals surface area contributed by atoms with Gasteiger partial charge in [-0.1, -0.05) is 12.5 Å². The number of piperidine rings is 1. The fourth-order valence-electron chi connectivity index (χ4n) is 1.58. The van der Waals surface area contributed by atoms with E-state index in [2.05, 4.69) is 10.4 Å². The minimum absolute atomic E-state index is 0.266. The van der Waals surface area contributed by atoms with Gasteiger partial charge < -0.3 is 4.74 Å². The van der Waals surface area contributed by atoms with Crippen molar-refractivity contribution in [3.8, 4) is 0 Å². The van der Waals surface area contributed by atoms with Crippen molar-refractivity contribution >= 4 is 5.97 Å². The van der Waals surface area contributed by atoms with Crippen LogP contribution in [0.1, 0.15) is 26.2 Å². The summed E-state index contributed by atoms with van der Waals surface area (Å²) in [6.45, 7) is 5.14. The minimum atomic E-state index is -0.266. The van der Waals surface area contributed by atoms with Crippen LogP contribution in [0.2, 0.25) is 0 Å². The molecular formula is C11H20N2O2. The highest BCUT2D eigenvalue weighted by atomic mass is 16.5. The third-order valence-corrected chi connectivity index (χ3v) is 2.33. The topological polar surface area (TPSA) is 41.6 Å². The molecule has 4 nitrogen and oxygen atoms in total. The van der Waals surface area contributed by atoms with E-state index in [1.807, 2.05) is 0 Å². The smallest absolute Gasteiger partial charge is 0.330 e. The van der Waals surface area contributed by atoms with Crippen LogP contribution in [0.25, 0.3) is 0 Å². The van der Waals surface area contributed by atoms with E-state index in [0.717, 1.165) is 13.1 Å². The van der Waals surface area contributed by atoms with Crippen molar-refractivity contribution in [1.82, 2.24) is 10.4 Å². The summed E-state index contributed by atoms with van der Waals surface area (Å²) >= 11 is 0. The van der Waals surface area contributed by atoms with E-state index in [1.54, 1.807) is 13.0 Å². The van der Waals surface area contributed by atoms with Crippen molar-refractivity contribution < 1.29 is 9.53 Å². The number of nitrogens with one attached hydrogen (secondary N) is 1. The molecule has 1 N–H and O–H groups in total.